The number of carbonyl (C=O) groups excluding carboxylic acids is 2. The average molecular weight is 344 g/mol. The maximum absolute atomic E-state index is 13.2. The van der Waals surface area contributed by atoms with E-state index in [0.29, 0.717) is 11.1 Å². The van der Waals surface area contributed by atoms with E-state index in [1.54, 1.807) is 24.5 Å². The standard InChI is InChI=1S/C22H20N2O2/c1-13-9-16-14(2)12-22(3,4)24-20(16)17(10-13)18(21(24)26)11-19(25)15-5-7-23-8-6-15/h5-12H,1-4H3/b18-11+. The zero-order valence-corrected chi connectivity index (χ0v) is 15.3. The first-order valence-corrected chi connectivity index (χ1v) is 8.65. The zero-order valence-electron chi connectivity index (χ0n) is 15.3. The van der Waals surface area contributed by atoms with Crippen LogP contribution in [0.15, 0.2) is 48.8 Å². The van der Waals surface area contributed by atoms with E-state index in [1.165, 1.54) is 6.08 Å². The van der Waals surface area contributed by atoms with Crippen molar-refractivity contribution in [1.29, 1.82) is 0 Å². The Labute approximate surface area is 152 Å². The summed E-state index contributed by atoms with van der Waals surface area (Å²) in [6.07, 6.45) is 6.74. The van der Waals surface area contributed by atoms with E-state index in [2.05, 4.69) is 24.1 Å². The molecule has 0 radical (unpaired) electrons. The SMILES string of the molecule is CC1=CC(C)(C)N2C(=O)/C(=C/C(=O)c3ccncc3)c3cc(C)cc1c32. The average Bonchev–Trinajstić information content (AvgIpc) is 2.86. The molecule has 4 nitrogen and oxygen atoms in total. The molecule has 4 rings (SSSR count). The van der Waals surface area contributed by atoms with Gasteiger partial charge in [-0.2, -0.15) is 0 Å². The molecule has 3 heterocycles. The fraction of sp³-hybridized carbons (Fsp3) is 0.227. The summed E-state index contributed by atoms with van der Waals surface area (Å²) in [5.74, 6) is -0.309. The minimum Gasteiger partial charge on any atom is -0.298 e. The van der Waals surface area contributed by atoms with Crippen LogP contribution in [-0.2, 0) is 4.79 Å². The number of ketones is 1. The summed E-state index contributed by atoms with van der Waals surface area (Å²) < 4.78 is 0. The number of nitrogens with zero attached hydrogens (tertiary/aromatic N) is 2. The van der Waals surface area contributed by atoms with Gasteiger partial charge in [0.25, 0.3) is 5.91 Å². The van der Waals surface area contributed by atoms with Crippen LogP contribution in [0.5, 0.6) is 0 Å². The van der Waals surface area contributed by atoms with Gasteiger partial charge in [-0.15, -0.1) is 0 Å². The summed E-state index contributed by atoms with van der Waals surface area (Å²) in [7, 11) is 0. The molecule has 0 spiro atoms. The minimum atomic E-state index is -0.437. The predicted octanol–water partition coefficient (Wildman–Crippen LogP) is 4.20. The van der Waals surface area contributed by atoms with Crippen LogP contribution < -0.4 is 4.90 Å². The van der Waals surface area contributed by atoms with Crippen LogP contribution in [0.4, 0.5) is 5.69 Å². The number of carbonyl (C=O) groups is 2. The Kier molecular flexibility index (Phi) is 3.48. The Hall–Kier alpha value is -3.01. The largest absolute Gasteiger partial charge is 0.298 e. The topological polar surface area (TPSA) is 50.3 Å². The molecule has 26 heavy (non-hydrogen) atoms. The molecule has 4 heteroatoms. The van der Waals surface area contributed by atoms with Crippen LogP contribution in [-0.4, -0.2) is 22.2 Å². The van der Waals surface area contributed by atoms with Gasteiger partial charge in [0.15, 0.2) is 5.78 Å². The summed E-state index contributed by atoms with van der Waals surface area (Å²) in [6, 6.07) is 7.42. The van der Waals surface area contributed by atoms with E-state index in [0.717, 1.165) is 28.0 Å². The molecule has 0 fully saturated rings. The molecule has 0 atom stereocenters. The number of pyridine rings is 1. The van der Waals surface area contributed by atoms with E-state index in [-0.39, 0.29) is 11.7 Å². The van der Waals surface area contributed by atoms with Gasteiger partial charge in [-0.05, 0) is 69.2 Å². The van der Waals surface area contributed by atoms with Crippen LogP contribution in [0, 0.1) is 6.92 Å². The third kappa shape index (κ3) is 2.33. The van der Waals surface area contributed by atoms with Crippen molar-refractivity contribution in [1.82, 2.24) is 4.98 Å². The van der Waals surface area contributed by atoms with Crippen LogP contribution in [0.3, 0.4) is 0 Å². The highest BCUT2D eigenvalue weighted by Gasteiger charge is 2.44. The van der Waals surface area contributed by atoms with Gasteiger partial charge in [-0.3, -0.25) is 19.5 Å². The van der Waals surface area contributed by atoms with Crippen LogP contribution in [0.25, 0.3) is 11.1 Å². The van der Waals surface area contributed by atoms with Gasteiger partial charge in [0, 0.05) is 29.1 Å². The van der Waals surface area contributed by atoms with E-state index in [9.17, 15) is 9.59 Å². The highest BCUT2D eigenvalue weighted by Crippen LogP contribution is 2.49. The second kappa shape index (κ2) is 5.49. The summed E-state index contributed by atoms with van der Waals surface area (Å²) in [6.45, 7) is 8.13. The van der Waals surface area contributed by atoms with Crippen molar-refractivity contribution in [3.63, 3.8) is 0 Å². The number of anilines is 1. The Bertz CT molecular complexity index is 1010. The van der Waals surface area contributed by atoms with Crippen molar-refractivity contribution in [2.24, 2.45) is 0 Å². The second-order valence-corrected chi connectivity index (χ2v) is 7.49. The Balaban J connectivity index is 1.93. The van der Waals surface area contributed by atoms with Gasteiger partial charge in [0.05, 0.1) is 16.8 Å². The van der Waals surface area contributed by atoms with Gasteiger partial charge in [-0.25, -0.2) is 0 Å². The molecule has 2 aliphatic rings. The lowest BCUT2D eigenvalue weighted by molar-refractivity contribution is -0.113. The van der Waals surface area contributed by atoms with Crippen LogP contribution in [0.1, 0.15) is 47.8 Å². The quantitative estimate of drug-likeness (QED) is 0.606. The first kappa shape index (κ1) is 16.5. The number of hydrogen-bond acceptors (Lipinski definition) is 3. The number of allylic oxidation sites excluding steroid dienone is 2. The molecular formula is C22H20N2O2. The van der Waals surface area contributed by atoms with Crippen molar-refractivity contribution < 1.29 is 9.59 Å². The number of hydrogen-bond donors (Lipinski definition) is 0. The van der Waals surface area contributed by atoms with E-state index >= 15 is 0 Å². The first-order valence-electron chi connectivity index (χ1n) is 8.65. The fourth-order valence-corrected chi connectivity index (χ4v) is 3.95. The number of rotatable bonds is 2. The molecule has 0 bridgehead atoms. The van der Waals surface area contributed by atoms with E-state index < -0.39 is 5.54 Å². The lowest BCUT2D eigenvalue weighted by Gasteiger charge is -2.38. The van der Waals surface area contributed by atoms with Crippen molar-refractivity contribution in [2.45, 2.75) is 33.2 Å². The van der Waals surface area contributed by atoms with Gasteiger partial charge >= 0.3 is 0 Å². The molecule has 0 N–H and O–H groups in total. The molecule has 1 aromatic carbocycles. The fourth-order valence-electron chi connectivity index (χ4n) is 3.95. The molecule has 1 aromatic heterocycles. The van der Waals surface area contributed by atoms with Crippen molar-refractivity contribution in [3.8, 4) is 0 Å². The summed E-state index contributed by atoms with van der Waals surface area (Å²) >= 11 is 0. The molecule has 2 aliphatic heterocycles. The van der Waals surface area contributed by atoms with Crippen LogP contribution >= 0.6 is 0 Å². The Morgan fingerprint density at radius 1 is 1.12 bits per heavy atom. The van der Waals surface area contributed by atoms with Crippen molar-refractivity contribution in [2.75, 3.05) is 4.90 Å². The second-order valence-electron chi connectivity index (χ2n) is 7.49. The number of aromatic nitrogens is 1. The lowest BCUT2D eigenvalue weighted by atomic mass is 9.88. The highest BCUT2D eigenvalue weighted by atomic mass is 16.2. The molecule has 0 saturated heterocycles. The molecule has 2 aromatic rings. The van der Waals surface area contributed by atoms with Crippen molar-refractivity contribution in [3.05, 3.63) is 71.1 Å². The molecular weight excluding hydrogens is 324 g/mol. The van der Waals surface area contributed by atoms with E-state index in [1.807, 2.05) is 31.7 Å². The van der Waals surface area contributed by atoms with Crippen LogP contribution in [0.2, 0.25) is 0 Å². The monoisotopic (exact) mass is 344 g/mol. The molecule has 130 valence electrons. The predicted molar refractivity (Wildman–Crippen MR) is 103 cm³/mol. The Morgan fingerprint density at radius 3 is 2.46 bits per heavy atom. The van der Waals surface area contributed by atoms with E-state index in [4.69, 9.17) is 0 Å². The minimum absolute atomic E-state index is 0.122. The molecule has 0 aliphatic carbocycles. The highest BCUT2D eigenvalue weighted by molar-refractivity contribution is 6.37. The Morgan fingerprint density at radius 2 is 1.77 bits per heavy atom. The maximum Gasteiger partial charge on any atom is 0.259 e. The zero-order chi connectivity index (χ0) is 18.6. The number of benzene rings is 1. The number of amides is 1. The lowest BCUT2D eigenvalue weighted by Crippen LogP contribution is -2.46. The molecule has 1 amide bonds. The van der Waals surface area contributed by atoms with Gasteiger partial charge < -0.3 is 0 Å². The van der Waals surface area contributed by atoms with Gasteiger partial charge in [-0.1, -0.05) is 6.08 Å². The molecule has 0 saturated carbocycles. The number of aryl methyl sites for hydroxylation is 1. The third-order valence-electron chi connectivity index (χ3n) is 5.01. The smallest absolute Gasteiger partial charge is 0.259 e. The normalized spacial score (nSPS) is 18.8. The maximum atomic E-state index is 13.2. The van der Waals surface area contributed by atoms with Gasteiger partial charge in [0.2, 0.25) is 0 Å². The summed E-state index contributed by atoms with van der Waals surface area (Å²) in [4.78, 5) is 31.7. The van der Waals surface area contributed by atoms with Gasteiger partial charge in [0.1, 0.15) is 0 Å². The first-order chi connectivity index (χ1) is 12.3. The summed E-state index contributed by atoms with van der Waals surface area (Å²) in [5.41, 5.74) is 5.59. The van der Waals surface area contributed by atoms with Crippen molar-refractivity contribution >= 4 is 28.5 Å². The molecule has 0 unspecified atom stereocenters. The summed E-state index contributed by atoms with van der Waals surface area (Å²) in [5, 5.41) is 0. The third-order valence-corrected chi connectivity index (χ3v) is 5.01.